The number of ether oxygens (including phenoxy) is 2. The zero-order chi connectivity index (χ0) is 71.1. The number of carbonyl (C=O) groups excluding carboxylic acids is 2. The van der Waals surface area contributed by atoms with Gasteiger partial charge in [-0.1, -0.05) is 358 Å². The van der Waals surface area contributed by atoms with Gasteiger partial charge in [0.2, 0.25) is 0 Å². The van der Waals surface area contributed by atoms with E-state index in [0.29, 0.717) is 17.4 Å². The fraction of sp³-hybridized carbons (Fsp3) is 0.682. The van der Waals surface area contributed by atoms with Gasteiger partial charge < -0.3 is 18.9 Å². The van der Waals surface area contributed by atoms with Crippen molar-refractivity contribution in [3.05, 3.63) is 158 Å². The number of quaternary nitrogens is 1. The minimum absolute atomic E-state index is 0.0238. The monoisotopic (exact) mass is 1380 g/mol. The second kappa shape index (κ2) is 76.8. The Hall–Kier alpha value is -4.37. The Morgan fingerprint density at radius 2 is 0.551 bits per heavy atom. The SMILES string of the molecule is CC/C=C\C/C=C\C/C=C\C/C=C\C/C=C\C/C=C\C/C=C\C/C=C\C/C=C\CCCCCCCCCC(=O)OC(COC(=O)CCCCCCCCCCCCCCCCCCCCCCCCCCCC/C=C\C/C=C\C/C=C\C/C=C\CC)COP(=O)(O)OCC[N+](C)(C)C. The lowest BCUT2D eigenvalue weighted by molar-refractivity contribution is -0.870. The number of likely N-dealkylation sites (N-methyl/N-ethyl adjacent to an activating group) is 1. The zero-order valence-corrected chi connectivity index (χ0v) is 64.9. The third-order valence-corrected chi connectivity index (χ3v) is 18.0. The number of esters is 2. The molecule has 0 radical (unpaired) electrons. The van der Waals surface area contributed by atoms with Gasteiger partial charge in [-0.25, -0.2) is 4.57 Å². The summed E-state index contributed by atoms with van der Waals surface area (Å²) in [6, 6.07) is 0. The molecule has 0 fully saturated rings. The van der Waals surface area contributed by atoms with E-state index < -0.39 is 26.5 Å². The van der Waals surface area contributed by atoms with Crippen LogP contribution in [0.5, 0.6) is 0 Å². The van der Waals surface area contributed by atoms with E-state index in [9.17, 15) is 19.0 Å². The second-order valence-corrected chi connectivity index (χ2v) is 29.1. The summed E-state index contributed by atoms with van der Waals surface area (Å²) in [7, 11) is 1.46. The molecule has 10 heteroatoms. The summed E-state index contributed by atoms with van der Waals surface area (Å²) in [6.07, 6.45) is 115. The van der Waals surface area contributed by atoms with E-state index in [1.165, 1.54) is 173 Å². The van der Waals surface area contributed by atoms with E-state index in [0.717, 1.165) is 128 Å². The molecule has 0 amide bonds. The first kappa shape index (κ1) is 93.6. The van der Waals surface area contributed by atoms with E-state index in [1.807, 2.05) is 21.1 Å². The Bertz CT molecular complexity index is 2220. The molecule has 0 aliphatic rings. The molecule has 0 heterocycles. The van der Waals surface area contributed by atoms with E-state index >= 15 is 0 Å². The van der Waals surface area contributed by atoms with Crippen molar-refractivity contribution in [1.82, 2.24) is 0 Å². The summed E-state index contributed by atoms with van der Waals surface area (Å²) in [5.41, 5.74) is 0. The predicted molar refractivity (Wildman–Crippen MR) is 426 cm³/mol. The number of rotatable bonds is 73. The number of hydrogen-bond acceptors (Lipinski definition) is 7. The van der Waals surface area contributed by atoms with Crippen molar-refractivity contribution in [2.24, 2.45) is 0 Å². The third-order valence-electron chi connectivity index (χ3n) is 17.1. The number of hydrogen-bond donors (Lipinski definition) is 1. The van der Waals surface area contributed by atoms with Gasteiger partial charge in [-0.15, -0.1) is 0 Å². The van der Waals surface area contributed by atoms with Crippen LogP contribution >= 0.6 is 7.82 Å². The van der Waals surface area contributed by atoms with Crippen LogP contribution in [0.3, 0.4) is 0 Å². The van der Waals surface area contributed by atoms with E-state index in [2.05, 4.69) is 172 Å². The molecule has 0 saturated carbocycles. The maximum absolute atomic E-state index is 12.9. The molecule has 2 atom stereocenters. The summed E-state index contributed by atoms with van der Waals surface area (Å²) < 4.78 is 34.8. The standard InChI is InChI=1S/C88H150NO8P/c1-6-8-10-12-14-16-18-20-22-24-26-28-30-32-34-36-38-40-42-43-44-45-47-48-50-52-54-56-58-60-62-64-66-68-70-72-74-76-78-80-87(90)94-84-86(85-96-98(92,93)95-83-82-89(3,4)5)97-88(91)81-79-77-75-73-71-69-67-65-63-61-59-57-55-53-51-49-46-41-39-37-35-33-31-29-27-25-23-21-19-17-15-13-11-9-7-2/h8-11,14-17,20-23,26-29,33,35,39,41,49,51,55,57,61,63,86H,6-7,12-13,18-19,24-25,30-32,34,36-38,40,42-48,50,52-54,56,58-60,62,64-85H2,1-5H3/p+1/b10-8-,11-9-,16-14-,17-15-,22-20-,23-21-,28-26-,29-27-,35-33-,41-39-,51-49-,57-55-,63-61-. The maximum atomic E-state index is 12.9. The van der Waals surface area contributed by atoms with Gasteiger partial charge in [-0.2, -0.15) is 0 Å². The van der Waals surface area contributed by atoms with Gasteiger partial charge in [0, 0.05) is 12.8 Å². The molecule has 0 spiro atoms. The highest BCUT2D eigenvalue weighted by atomic mass is 31.2. The van der Waals surface area contributed by atoms with Crippen LogP contribution in [0.4, 0.5) is 0 Å². The summed E-state index contributed by atoms with van der Waals surface area (Å²) in [4.78, 5) is 36.0. The highest BCUT2D eigenvalue weighted by Gasteiger charge is 2.27. The average molecular weight is 1380 g/mol. The van der Waals surface area contributed by atoms with Gasteiger partial charge in [-0.3, -0.25) is 18.6 Å². The number of allylic oxidation sites excluding steroid dienone is 26. The molecule has 9 nitrogen and oxygen atoms in total. The minimum atomic E-state index is -4.41. The molecule has 0 aliphatic carbocycles. The van der Waals surface area contributed by atoms with Gasteiger partial charge in [0.15, 0.2) is 6.10 Å². The molecule has 0 aromatic heterocycles. The second-order valence-electron chi connectivity index (χ2n) is 27.7. The van der Waals surface area contributed by atoms with Crippen molar-refractivity contribution in [2.45, 2.75) is 341 Å². The predicted octanol–water partition coefficient (Wildman–Crippen LogP) is 27.1. The molecule has 98 heavy (non-hydrogen) atoms. The fourth-order valence-electron chi connectivity index (χ4n) is 11.0. The van der Waals surface area contributed by atoms with Crippen LogP contribution < -0.4 is 0 Å². The van der Waals surface area contributed by atoms with Crippen LogP contribution in [0.15, 0.2) is 158 Å². The van der Waals surface area contributed by atoms with Crippen molar-refractivity contribution in [2.75, 3.05) is 47.5 Å². The van der Waals surface area contributed by atoms with Gasteiger partial charge in [0.1, 0.15) is 19.8 Å². The Balaban J connectivity index is 4.00. The quantitative estimate of drug-likeness (QED) is 0.0211. The summed E-state index contributed by atoms with van der Waals surface area (Å²) in [5.74, 6) is -0.806. The van der Waals surface area contributed by atoms with Crippen molar-refractivity contribution in [1.29, 1.82) is 0 Å². The molecular formula is C88H151NO8P+. The Morgan fingerprint density at radius 1 is 0.316 bits per heavy atom. The molecular weight excluding hydrogens is 1230 g/mol. The lowest BCUT2D eigenvalue weighted by Gasteiger charge is -2.24. The van der Waals surface area contributed by atoms with Gasteiger partial charge >= 0.3 is 19.8 Å². The van der Waals surface area contributed by atoms with E-state index in [4.69, 9.17) is 18.5 Å². The topological polar surface area (TPSA) is 108 Å². The third kappa shape index (κ3) is 80.6. The number of carbonyl (C=O) groups is 2. The molecule has 0 rings (SSSR count). The highest BCUT2D eigenvalue weighted by Crippen LogP contribution is 2.43. The number of phosphoric ester groups is 1. The maximum Gasteiger partial charge on any atom is 0.472 e. The highest BCUT2D eigenvalue weighted by molar-refractivity contribution is 7.47. The van der Waals surface area contributed by atoms with Crippen molar-refractivity contribution >= 4 is 19.8 Å². The molecule has 0 aromatic carbocycles. The molecule has 0 bridgehead atoms. The summed E-state index contributed by atoms with van der Waals surface area (Å²) in [5, 5.41) is 0. The largest absolute Gasteiger partial charge is 0.472 e. The fourth-order valence-corrected chi connectivity index (χ4v) is 11.7. The summed E-state index contributed by atoms with van der Waals surface area (Å²) >= 11 is 0. The number of nitrogens with zero attached hydrogens (tertiary/aromatic N) is 1. The van der Waals surface area contributed by atoms with E-state index in [1.54, 1.807) is 0 Å². The van der Waals surface area contributed by atoms with E-state index in [-0.39, 0.29) is 32.0 Å². The first-order valence-electron chi connectivity index (χ1n) is 40.2. The first-order chi connectivity index (χ1) is 48.0. The molecule has 1 N–H and O–H groups in total. The minimum Gasteiger partial charge on any atom is -0.462 e. The lowest BCUT2D eigenvalue weighted by Crippen LogP contribution is -2.37. The van der Waals surface area contributed by atoms with Crippen LogP contribution in [0.2, 0.25) is 0 Å². The van der Waals surface area contributed by atoms with Gasteiger partial charge in [-0.05, 0) is 122 Å². The van der Waals surface area contributed by atoms with Crippen molar-refractivity contribution in [3.8, 4) is 0 Å². The zero-order valence-electron chi connectivity index (χ0n) is 64.0. The average Bonchev–Trinajstić information content (AvgIpc) is 1.08. The summed E-state index contributed by atoms with van der Waals surface area (Å²) in [6.45, 7) is 4.21. The first-order valence-corrected chi connectivity index (χ1v) is 41.7. The van der Waals surface area contributed by atoms with Crippen molar-refractivity contribution in [3.63, 3.8) is 0 Å². The van der Waals surface area contributed by atoms with Crippen LogP contribution in [-0.4, -0.2) is 74.9 Å². The molecule has 0 aromatic rings. The molecule has 2 unspecified atom stereocenters. The molecule has 560 valence electrons. The van der Waals surface area contributed by atoms with Crippen LogP contribution in [0.25, 0.3) is 0 Å². The Kier molecular flexibility index (Phi) is 73.4. The van der Waals surface area contributed by atoms with Crippen LogP contribution in [0, 0.1) is 0 Å². The Labute approximate surface area is 605 Å². The van der Waals surface area contributed by atoms with Gasteiger partial charge in [0.25, 0.3) is 0 Å². The van der Waals surface area contributed by atoms with Crippen molar-refractivity contribution < 1.29 is 42.1 Å². The lowest BCUT2D eigenvalue weighted by atomic mass is 10.0. The Morgan fingerprint density at radius 3 is 0.816 bits per heavy atom. The van der Waals surface area contributed by atoms with Gasteiger partial charge in [0.05, 0.1) is 27.7 Å². The van der Waals surface area contributed by atoms with Crippen LogP contribution in [-0.2, 0) is 32.7 Å². The number of unbranched alkanes of at least 4 members (excludes halogenated alkanes) is 33. The molecule has 0 saturated heterocycles. The number of phosphoric acid groups is 1. The van der Waals surface area contributed by atoms with Crippen LogP contribution in [0.1, 0.15) is 335 Å². The molecule has 0 aliphatic heterocycles. The smallest absolute Gasteiger partial charge is 0.462 e. The normalized spacial score (nSPS) is 13.9.